The predicted molar refractivity (Wildman–Crippen MR) is 40.6 cm³/mol. The lowest BCUT2D eigenvalue weighted by Gasteiger charge is -2.31. The Hall–Kier alpha value is -0.160. The van der Waals surface area contributed by atoms with Gasteiger partial charge in [0.2, 0.25) is 0 Å². The molecule has 5 atom stereocenters. The molecule has 0 unspecified atom stereocenters. The number of hydrogen-bond acceptors (Lipinski definition) is 4. The fraction of sp³-hybridized carbons (Fsp3) is 1.00. The quantitative estimate of drug-likeness (QED) is 0.564. The maximum Gasteiger partial charge on any atom is 0.186 e. The van der Waals surface area contributed by atoms with Gasteiger partial charge in [0.25, 0.3) is 0 Å². The summed E-state index contributed by atoms with van der Waals surface area (Å²) in [7, 11) is 1.52. The van der Waals surface area contributed by atoms with Gasteiger partial charge in [-0.1, -0.05) is 0 Å². The summed E-state index contributed by atoms with van der Waals surface area (Å²) in [6.07, 6.45) is -1.20. The van der Waals surface area contributed by atoms with Crippen molar-refractivity contribution in [1.29, 1.82) is 0 Å². The van der Waals surface area contributed by atoms with E-state index in [4.69, 9.17) is 14.2 Å². The lowest BCUT2D eigenvalue weighted by Crippen LogP contribution is -2.50. The van der Waals surface area contributed by atoms with E-state index < -0.39 is 18.0 Å². The number of hydrogen-bond donors (Lipinski definition) is 1. The molecule has 0 aromatic carbocycles. The molecule has 2 aliphatic rings. The van der Waals surface area contributed by atoms with E-state index in [0.29, 0.717) is 0 Å². The van der Waals surface area contributed by atoms with Crippen molar-refractivity contribution in [3.05, 3.63) is 0 Å². The molecule has 2 aliphatic heterocycles. The van der Waals surface area contributed by atoms with Crippen molar-refractivity contribution in [3.63, 3.8) is 0 Å². The highest BCUT2D eigenvalue weighted by molar-refractivity contribution is 5.11. The van der Waals surface area contributed by atoms with Crippen LogP contribution in [0, 0.1) is 0 Å². The van der Waals surface area contributed by atoms with Crippen LogP contribution in [0.4, 0.5) is 0 Å². The van der Waals surface area contributed by atoms with Crippen LogP contribution in [0.2, 0.25) is 0 Å². The largest absolute Gasteiger partial charge is 0.385 e. The molecule has 2 fully saturated rings. The lowest BCUT2D eigenvalue weighted by atomic mass is 9.94. The Morgan fingerprint density at radius 2 is 2.17 bits per heavy atom. The molecule has 0 aromatic rings. The summed E-state index contributed by atoms with van der Waals surface area (Å²) in [6, 6.07) is 0. The first-order valence-electron chi connectivity index (χ1n) is 4.13. The summed E-state index contributed by atoms with van der Waals surface area (Å²) in [4.78, 5) is 0. The van der Waals surface area contributed by atoms with Crippen molar-refractivity contribution in [3.8, 4) is 0 Å². The molecule has 2 rings (SSSR count). The summed E-state index contributed by atoms with van der Waals surface area (Å²) in [5.74, 6) is 0. The monoisotopic (exact) mass is 174 g/mol. The highest BCUT2D eigenvalue weighted by Crippen LogP contribution is 2.47. The Morgan fingerprint density at radius 3 is 2.75 bits per heavy atom. The van der Waals surface area contributed by atoms with E-state index >= 15 is 0 Å². The zero-order valence-corrected chi connectivity index (χ0v) is 7.48. The van der Waals surface area contributed by atoms with Crippen molar-refractivity contribution >= 4 is 0 Å². The van der Waals surface area contributed by atoms with Gasteiger partial charge in [-0.2, -0.15) is 0 Å². The zero-order chi connectivity index (χ0) is 8.93. The second-order valence-corrected chi connectivity index (χ2v) is 3.61. The molecule has 2 saturated heterocycles. The van der Waals surface area contributed by atoms with Crippen LogP contribution >= 0.6 is 0 Å². The molecule has 0 aliphatic carbocycles. The lowest BCUT2D eigenvalue weighted by molar-refractivity contribution is -0.224. The second-order valence-electron chi connectivity index (χ2n) is 3.61. The first kappa shape index (κ1) is 8.44. The number of fused-ring (bicyclic) bond motifs is 1. The van der Waals surface area contributed by atoms with Crippen molar-refractivity contribution in [1.82, 2.24) is 0 Å². The molecular formula is C8H14O4. The van der Waals surface area contributed by atoms with Gasteiger partial charge in [0, 0.05) is 7.11 Å². The number of aliphatic hydroxyl groups is 1. The van der Waals surface area contributed by atoms with Crippen LogP contribution in [0.3, 0.4) is 0 Å². The van der Waals surface area contributed by atoms with Gasteiger partial charge in [-0.15, -0.1) is 0 Å². The highest BCUT2D eigenvalue weighted by atomic mass is 16.7. The SMILES string of the molecule is CO[C@H]1O[C@H](C)[C@@H]2O[C@]2(C)[C@@H]1O. The van der Waals surface area contributed by atoms with E-state index in [0.717, 1.165) is 0 Å². The van der Waals surface area contributed by atoms with Crippen LogP contribution in [-0.4, -0.2) is 42.4 Å². The van der Waals surface area contributed by atoms with E-state index in [1.807, 2.05) is 13.8 Å². The second kappa shape index (κ2) is 2.42. The third-order valence-corrected chi connectivity index (χ3v) is 2.74. The van der Waals surface area contributed by atoms with Crippen LogP contribution < -0.4 is 0 Å². The van der Waals surface area contributed by atoms with Gasteiger partial charge in [0.15, 0.2) is 6.29 Å². The molecule has 0 amide bonds. The highest BCUT2D eigenvalue weighted by Gasteiger charge is 2.66. The molecule has 0 bridgehead atoms. The van der Waals surface area contributed by atoms with Crippen molar-refractivity contribution in [2.45, 2.75) is 44.1 Å². The smallest absolute Gasteiger partial charge is 0.186 e. The Labute approximate surface area is 71.4 Å². The third kappa shape index (κ3) is 0.925. The fourth-order valence-corrected chi connectivity index (χ4v) is 1.85. The molecule has 1 N–H and O–H groups in total. The number of methoxy groups -OCH3 is 1. The Bertz CT molecular complexity index is 195. The average molecular weight is 174 g/mol. The van der Waals surface area contributed by atoms with Crippen molar-refractivity contribution in [2.75, 3.05) is 7.11 Å². The molecule has 0 radical (unpaired) electrons. The molecule has 12 heavy (non-hydrogen) atoms. The minimum Gasteiger partial charge on any atom is -0.385 e. The molecule has 2 heterocycles. The summed E-state index contributed by atoms with van der Waals surface area (Å²) >= 11 is 0. The van der Waals surface area contributed by atoms with Crippen LogP contribution in [0.5, 0.6) is 0 Å². The molecular weight excluding hydrogens is 160 g/mol. The van der Waals surface area contributed by atoms with Gasteiger partial charge >= 0.3 is 0 Å². The van der Waals surface area contributed by atoms with Crippen molar-refractivity contribution in [2.24, 2.45) is 0 Å². The van der Waals surface area contributed by atoms with Gasteiger partial charge in [-0.3, -0.25) is 0 Å². The van der Waals surface area contributed by atoms with Crippen molar-refractivity contribution < 1.29 is 19.3 Å². The fourth-order valence-electron chi connectivity index (χ4n) is 1.85. The molecule has 0 aromatic heterocycles. The minimum atomic E-state index is -0.677. The minimum absolute atomic E-state index is 0.00310. The molecule has 4 nitrogen and oxygen atoms in total. The molecule has 70 valence electrons. The molecule has 0 saturated carbocycles. The van der Waals surface area contributed by atoms with Gasteiger partial charge in [0.05, 0.1) is 6.10 Å². The number of epoxide rings is 1. The number of rotatable bonds is 1. The summed E-state index contributed by atoms with van der Waals surface area (Å²) < 4.78 is 15.7. The van der Waals surface area contributed by atoms with Crippen LogP contribution in [0.1, 0.15) is 13.8 Å². The van der Waals surface area contributed by atoms with Crippen LogP contribution in [-0.2, 0) is 14.2 Å². The summed E-state index contributed by atoms with van der Waals surface area (Å²) in [5, 5.41) is 9.68. The number of aliphatic hydroxyl groups excluding tert-OH is 1. The Morgan fingerprint density at radius 1 is 1.50 bits per heavy atom. The van der Waals surface area contributed by atoms with Gasteiger partial charge in [-0.05, 0) is 13.8 Å². The normalized spacial score (nSPS) is 58.0. The van der Waals surface area contributed by atoms with Gasteiger partial charge in [-0.25, -0.2) is 0 Å². The topological polar surface area (TPSA) is 51.2 Å². The van der Waals surface area contributed by atoms with E-state index in [-0.39, 0.29) is 12.2 Å². The van der Waals surface area contributed by atoms with Crippen LogP contribution in [0.25, 0.3) is 0 Å². The maximum atomic E-state index is 9.68. The Balaban J connectivity index is 2.13. The predicted octanol–water partition coefficient (Wildman–Crippen LogP) is -0.104. The van der Waals surface area contributed by atoms with E-state index in [1.165, 1.54) is 7.11 Å². The summed E-state index contributed by atoms with van der Waals surface area (Å²) in [5.41, 5.74) is -0.446. The first-order valence-corrected chi connectivity index (χ1v) is 4.13. The molecule has 4 heteroatoms. The standard InChI is InChI=1S/C8H14O4/c1-4-6-8(2,12-6)5(9)7(10-3)11-4/h4-7,9H,1-3H3/t4-,5-,6+,7+,8-/m1/s1. The zero-order valence-electron chi connectivity index (χ0n) is 7.48. The van der Waals surface area contributed by atoms with Crippen LogP contribution in [0.15, 0.2) is 0 Å². The van der Waals surface area contributed by atoms with Gasteiger partial charge in [0.1, 0.15) is 17.8 Å². The Kier molecular flexibility index (Phi) is 1.70. The van der Waals surface area contributed by atoms with E-state index in [1.54, 1.807) is 0 Å². The van der Waals surface area contributed by atoms with E-state index in [2.05, 4.69) is 0 Å². The first-order chi connectivity index (χ1) is 5.59. The van der Waals surface area contributed by atoms with E-state index in [9.17, 15) is 5.11 Å². The average Bonchev–Trinajstić information content (AvgIpc) is 2.73. The maximum absolute atomic E-state index is 9.68. The third-order valence-electron chi connectivity index (χ3n) is 2.74. The summed E-state index contributed by atoms with van der Waals surface area (Å²) in [6.45, 7) is 3.81. The van der Waals surface area contributed by atoms with Gasteiger partial charge < -0.3 is 19.3 Å². The number of ether oxygens (including phenoxy) is 3. The molecule has 0 spiro atoms.